The zero-order valence-corrected chi connectivity index (χ0v) is 19.7. The third kappa shape index (κ3) is 4.78. The second-order valence-corrected chi connectivity index (χ2v) is 8.84. The van der Waals surface area contributed by atoms with E-state index >= 15 is 0 Å². The molecule has 1 aliphatic rings. The summed E-state index contributed by atoms with van der Waals surface area (Å²) in [5, 5.41) is 13.3. The SMILES string of the molecule is CCC(=O)N1CCC(c2ccccc2)(c2noc(-c3cc(Br)ccc3OCC(=O)O)n2)CC1. The Morgan fingerprint density at radius 1 is 1.18 bits per heavy atom. The summed E-state index contributed by atoms with van der Waals surface area (Å²) in [7, 11) is 0. The van der Waals surface area contributed by atoms with Crippen LogP contribution in [0.15, 0.2) is 57.5 Å². The number of rotatable bonds is 7. The van der Waals surface area contributed by atoms with Crippen molar-refractivity contribution >= 4 is 27.8 Å². The van der Waals surface area contributed by atoms with Gasteiger partial charge in [0.1, 0.15) is 5.75 Å². The smallest absolute Gasteiger partial charge is 0.341 e. The van der Waals surface area contributed by atoms with Crippen LogP contribution in [0.5, 0.6) is 5.75 Å². The molecule has 0 spiro atoms. The largest absolute Gasteiger partial charge is 0.481 e. The molecule has 9 heteroatoms. The van der Waals surface area contributed by atoms with Crippen LogP contribution < -0.4 is 4.74 Å². The minimum absolute atomic E-state index is 0.139. The molecule has 0 saturated carbocycles. The second-order valence-electron chi connectivity index (χ2n) is 7.93. The predicted octanol–water partition coefficient (Wildman–Crippen LogP) is 4.28. The molecule has 2 aromatic carbocycles. The summed E-state index contributed by atoms with van der Waals surface area (Å²) in [4.78, 5) is 29.8. The number of hydrogen-bond acceptors (Lipinski definition) is 6. The Kier molecular flexibility index (Phi) is 6.78. The van der Waals surface area contributed by atoms with Gasteiger partial charge in [-0.05, 0) is 36.6 Å². The fraction of sp³-hybridized carbons (Fsp3) is 0.333. The second kappa shape index (κ2) is 9.74. The average molecular weight is 514 g/mol. The molecule has 2 heterocycles. The lowest BCUT2D eigenvalue weighted by Gasteiger charge is -2.40. The third-order valence-electron chi connectivity index (χ3n) is 5.98. The van der Waals surface area contributed by atoms with Crippen LogP contribution in [0.2, 0.25) is 0 Å². The van der Waals surface area contributed by atoms with Gasteiger partial charge < -0.3 is 19.3 Å². The Morgan fingerprint density at radius 3 is 2.58 bits per heavy atom. The lowest BCUT2D eigenvalue weighted by Crippen LogP contribution is -2.46. The summed E-state index contributed by atoms with van der Waals surface area (Å²) in [6, 6.07) is 15.2. The number of likely N-dealkylation sites (tertiary alicyclic amines) is 1. The highest BCUT2D eigenvalue weighted by Crippen LogP contribution is 2.42. The molecule has 0 atom stereocenters. The predicted molar refractivity (Wildman–Crippen MR) is 124 cm³/mol. The average Bonchev–Trinajstić information content (AvgIpc) is 3.34. The van der Waals surface area contributed by atoms with Crippen molar-refractivity contribution in [3.8, 4) is 17.2 Å². The van der Waals surface area contributed by atoms with Crippen molar-refractivity contribution in [2.24, 2.45) is 0 Å². The van der Waals surface area contributed by atoms with Gasteiger partial charge in [0, 0.05) is 24.0 Å². The Morgan fingerprint density at radius 2 is 1.91 bits per heavy atom. The number of ether oxygens (including phenoxy) is 1. The molecule has 8 nitrogen and oxygen atoms in total. The van der Waals surface area contributed by atoms with Crippen LogP contribution in [-0.4, -0.2) is 51.7 Å². The number of nitrogens with zero attached hydrogens (tertiary/aromatic N) is 3. The first kappa shape index (κ1) is 23.0. The molecular formula is C24H24BrN3O5. The molecule has 33 heavy (non-hydrogen) atoms. The first-order valence-corrected chi connectivity index (χ1v) is 11.5. The van der Waals surface area contributed by atoms with Crippen LogP contribution in [0.4, 0.5) is 0 Å². The van der Waals surface area contributed by atoms with Crippen molar-refractivity contribution in [3.05, 3.63) is 64.4 Å². The highest BCUT2D eigenvalue weighted by Gasteiger charge is 2.42. The molecular weight excluding hydrogens is 490 g/mol. The molecule has 0 unspecified atom stereocenters. The molecule has 1 amide bonds. The van der Waals surface area contributed by atoms with Crippen molar-refractivity contribution in [2.75, 3.05) is 19.7 Å². The topological polar surface area (TPSA) is 106 Å². The maximum Gasteiger partial charge on any atom is 0.341 e. The molecule has 1 fully saturated rings. The number of aromatic nitrogens is 2. The Balaban J connectivity index is 1.71. The minimum atomic E-state index is -1.08. The molecule has 1 aliphatic heterocycles. The fourth-order valence-electron chi connectivity index (χ4n) is 4.22. The highest BCUT2D eigenvalue weighted by atomic mass is 79.9. The number of hydrogen-bond donors (Lipinski definition) is 1. The van der Waals surface area contributed by atoms with Crippen molar-refractivity contribution < 1.29 is 24.0 Å². The summed E-state index contributed by atoms with van der Waals surface area (Å²) >= 11 is 3.43. The van der Waals surface area contributed by atoms with Crippen LogP contribution in [0, 0.1) is 0 Å². The van der Waals surface area contributed by atoms with E-state index in [2.05, 4.69) is 21.1 Å². The quantitative estimate of drug-likeness (QED) is 0.502. The molecule has 1 aromatic heterocycles. The number of aliphatic carboxylic acids is 1. The normalized spacial score (nSPS) is 15.3. The van der Waals surface area contributed by atoms with E-state index in [9.17, 15) is 9.59 Å². The van der Waals surface area contributed by atoms with E-state index in [0.717, 1.165) is 10.0 Å². The van der Waals surface area contributed by atoms with Crippen LogP contribution in [0.3, 0.4) is 0 Å². The molecule has 172 valence electrons. The number of piperidine rings is 1. The van der Waals surface area contributed by atoms with E-state index in [-0.39, 0.29) is 11.8 Å². The molecule has 4 rings (SSSR count). The van der Waals surface area contributed by atoms with Gasteiger partial charge in [0.25, 0.3) is 5.89 Å². The summed E-state index contributed by atoms with van der Waals surface area (Å²) < 4.78 is 11.9. The number of carboxylic acid groups (broad SMARTS) is 1. The summed E-state index contributed by atoms with van der Waals surface area (Å²) in [5.41, 5.74) is 1.07. The van der Waals surface area contributed by atoms with Gasteiger partial charge in [-0.3, -0.25) is 4.79 Å². The van der Waals surface area contributed by atoms with E-state index in [0.29, 0.717) is 49.5 Å². The molecule has 0 bridgehead atoms. The lowest BCUT2D eigenvalue weighted by atomic mass is 9.72. The number of carboxylic acids is 1. The maximum atomic E-state index is 12.2. The van der Waals surface area contributed by atoms with E-state index in [1.54, 1.807) is 18.2 Å². The minimum Gasteiger partial charge on any atom is -0.481 e. The highest BCUT2D eigenvalue weighted by molar-refractivity contribution is 9.10. The number of benzene rings is 2. The van der Waals surface area contributed by atoms with E-state index in [1.807, 2.05) is 42.2 Å². The Bertz CT molecular complexity index is 1140. The zero-order valence-electron chi connectivity index (χ0n) is 18.2. The van der Waals surface area contributed by atoms with Crippen molar-refractivity contribution in [1.82, 2.24) is 15.0 Å². The van der Waals surface area contributed by atoms with Gasteiger partial charge in [0.15, 0.2) is 12.4 Å². The molecule has 1 saturated heterocycles. The fourth-order valence-corrected chi connectivity index (χ4v) is 4.58. The third-order valence-corrected chi connectivity index (χ3v) is 6.47. The van der Waals surface area contributed by atoms with Crippen LogP contribution in [0.25, 0.3) is 11.5 Å². The van der Waals surface area contributed by atoms with Gasteiger partial charge in [-0.15, -0.1) is 0 Å². The van der Waals surface area contributed by atoms with Crippen LogP contribution >= 0.6 is 15.9 Å². The number of amides is 1. The number of halogens is 1. The van der Waals surface area contributed by atoms with Crippen LogP contribution in [-0.2, 0) is 15.0 Å². The van der Waals surface area contributed by atoms with Gasteiger partial charge in [-0.2, -0.15) is 4.98 Å². The lowest BCUT2D eigenvalue weighted by molar-refractivity contribution is -0.139. The number of carbonyl (C=O) groups is 2. The van der Waals surface area contributed by atoms with Crippen molar-refractivity contribution in [2.45, 2.75) is 31.6 Å². The van der Waals surface area contributed by atoms with E-state index < -0.39 is 18.0 Å². The molecule has 3 aromatic rings. The first-order chi connectivity index (χ1) is 15.9. The Hall–Kier alpha value is -3.20. The van der Waals surface area contributed by atoms with Gasteiger partial charge in [0.2, 0.25) is 5.91 Å². The van der Waals surface area contributed by atoms with Crippen molar-refractivity contribution in [3.63, 3.8) is 0 Å². The number of carbonyl (C=O) groups excluding carboxylic acids is 1. The Labute approximate surface area is 199 Å². The summed E-state index contributed by atoms with van der Waals surface area (Å²) in [5.74, 6) is 0.185. The van der Waals surface area contributed by atoms with Gasteiger partial charge in [-0.1, -0.05) is 58.3 Å². The summed E-state index contributed by atoms with van der Waals surface area (Å²) in [6.07, 6.45) is 1.82. The van der Waals surface area contributed by atoms with Gasteiger partial charge >= 0.3 is 5.97 Å². The summed E-state index contributed by atoms with van der Waals surface area (Å²) in [6.45, 7) is 2.60. The van der Waals surface area contributed by atoms with Crippen molar-refractivity contribution in [1.29, 1.82) is 0 Å². The van der Waals surface area contributed by atoms with Gasteiger partial charge in [-0.25, -0.2) is 4.79 Å². The van der Waals surface area contributed by atoms with Gasteiger partial charge in [0.05, 0.1) is 11.0 Å². The monoisotopic (exact) mass is 513 g/mol. The maximum absolute atomic E-state index is 12.2. The van der Waals surface area contributed by atoms with Crippen LogP contribution in [0.1, 0.15) is 37.6 Å². The molecule has 1 N–H and O–H groups in total. The standard InChI is InChI=1S/C24H24BrN3O5/c1-2-20(29)28-12-10-24(11-13-28,16-6-4-3-5-7-16)23-26-22(33-27-23)18-14-17(25)8-9-19(18)32-15-21(30)31/h3-9,14H,2,10-13,15H2,1H3,(H,30,31). The van der Waals surface area contributed by atoms with E-state index in [4.69, 9.17) is 19.4 Å². The molecule has 0 radical (unpaired) electrons. The zero-order chi connectivity index (χ0) is 23.4. The first-order valence-electron chi connectivity index (χ1n) is 10.7. The molecule has 0 aliphatic carbocycles. The van der Waals surface area contributed by atoms with E-state index in [1.165, 1.54) is 0 Å².